The van der Waals surface area contributed by atoms with Gasteiger partial charge in [-0.1, -0.05) is 0 Å². The molecule has 0 radical (unpaired) electrons. The van der Waals surface area contributed by atoms with Gasteiger partial charge in [-0.3, -0.25) is 0 Å². The van der Waals surface area contributed by atoms with E-state index in [1.54, 1.807) is 20.2 Å². The first-order valence-electron chi connectivity index (χ1n) is 5.61. The van der Waals surface area contributed by atoms with E-state index >= 15 is 0 Å². The van der Waals surface area contributed by atoms with Crippen LogP contribution >= 0.6 is 0 Å². The molecule has 1 saturated heterocycles. The average molecular weight is 239 g/mol. The molecular formula is C11H17N3O3. The van der Waals surface area contributed by atoms with Gasteiger partial charge in [0.2, 0.25) is 5.88 Å². The molecule has 1 fully saturated rings. The summed E-state index contributed by atoms with van der Waals surface area (Å²) in [4.78, 5) is 8.54. The van der Waals surface area contributed by atoms with E-state index in [9.17, 15) is 0 Å². The monoisotopic (exact) mass is 239 g/mol. The van der Waals surface area contributed by atoms with E-state index in [2.05, 4.69) is 15.3 Å². The fourth-order valence-corrected chi connectivity index (χ4v) is 1.63. The van der Waals surface area contributed by atoms with Crippen LogP contribution in [0.4, 0.5) is 5.82 Å². The second kappa shape index (κ2) is 5.79. The summed E-state index contributed by atoms with van der Waals surface area (Å²) in [7, 11) is 3.42. The molecule has 1 atom stereocenters. The Balaban J connectivity index is 2.10. The Labute approximate surface area is 100 Å². The number of ether oxygens (including phenoxy) is 3. The molecule has 0 amide bonds. The summed E-state index contributed by atoms with van der Waals surface area (Å²) in [5, 5.41) is 2.97. The van der Waals surface area contributed by atoms with Crippen molar-refractivity contribution in [2.24, 2.45) is 0 Å². The molecule has 0 saturated carbocycles. The van der Waals surface area contributed by atoms with E-state index in [1.165, 1.54) is 0 Å². The molecule has 0 spiro atoms. The smallest absolute Gasteiger partial charge is 0.219 e. The average Bonchev–Trinajstić information content (AvgIpc) is 2.82. The van der Waals surface area contributed by atoms with E-state index in [0.29, 0.717) is 24.9 Å². The molecule has 1 aromatic rings. The van der Waals surface area contributed by atoms with Crippen molar-refractivity contribution in [1.82, 2.24) is 9.97 Å². The van der Waals surface area contributed by atoms with Gasteiger partial charge < -0.3 is 19.5 Å². The van der Waals surface area contributed by atoms with Crippen LogP contribution in [0.15, 0.2) is 6.07 Å². The van der Waals surface area contributed by atoms with Gasteiger partial charge in [0, 0.05) is 26.6 Å². The molecule has 0 aliphatic carbocycles. The predicted octanol–water partition coefficient (Wildman–Crippen LogP) is 0.832. The summed E-state index contributed by atoms with van der Waals surface area (Å²) >= 11 is 0. The highest BCUT2D eigenvalue weighted by atomic mass is 16.5. The minimum atomic E-state index is 0.0880. The molecular weight excluding hydrogens is 222 g/mol. The van der Waals surface area contributed by atoms with Crippen LogP contribution in [0, 0.1) is 0 Å². The Bertz CT molecular complexity index is 367. The molecule has 1 N–H and O–H groups in total. The van der Waals surface area contributed by atoms with Crippen LogP contribution < -0.4 is 10.1 Å². The van der Waals surface area contributed by atoms with Crippen LogP contribution in [-0.2, 0) is 16.1 Å². The van der Waals surface area contributed by atoms with Gasteiger partial charge in [-0.15, -0.1) is 0 Å². The second-order valence-electron chi connectivity index (χ2n) is 3.79. The van der Waals surface area contributed by atoms with Crippen molar-refractivity contribution in [2.75, 3.05) is 32.7 Å². The van der Waals surface area contributed by atoms with E-state index < -0.39 is 0 Å². The maximum absolute atomic E-state index is 5.73. The molecule has 1 aromatic heterocycles. The van der Waals surface area contributed by atoms with Crippen LogP contribution in [0.1, 0.15) is 12.2 Å². The zero-order chi connectivity index (χ0) is 12.1. The third kappa shape index (κ3) is 3.28. The van der Waals surface area contributed by atoms with E-state index in [1.807, 2.05) is 0 Å². The third-order valence-corrected chi connectivity index (χ3v) is 2.45. The Morgan fingerprint density at radius 2 is 2.41 bits per heavy atom. The van der Waals surface area contributed by atoms with Crippen molar-refractivity contribution in [1.29, 1.82) is 0 Å². The van der Waals surface area contributed by atoms with Crippen molar-refractivity contribution in [2.45, 2.75) is 19.1 Å². The van der Waals surface area contributed by atoms with Gasteiger partial charge in [0.25, 0.3) is 0 Å². The zero-order valence-electron chi connectivity index (χ0n) is 10.1. The summed E-state index contributed by atoms with van der Waals surface area (Å²) in [5.74, 6) is 1.89. The summed E-state index contributed by atoms with van der Waals surface area (Å²) < 4.78 is 16.0. The highest BCUT2D eigenvalue weighted by molar-refractivity contribution is 5.37. The SMILES string of the molecule is CNc1cc(OC2CCOC2)nc(COC)n1. The topological polar surface area (TPSA) is 65.5 Å². The van der Waals surface area contributed by atoms with Gasteiger partial charge in [0.15, 0.2) is 5.82 Å². The Morgan fingerprint density at radius 1 is 1.53 bits per heavy atom. The molecule has 94 valence electrons. The quantitative estimate of drug-likeness (QED) is 0.821. The molecule has 1 unspecified atom stereocenters. The molecule has 1 aliphatic rings. The number of nitrogens with one attached hydrogen (secondary N) is 1. The van der Waals surface area contributed by atoms with Gasteiger partial charge in [-0.05, 0) is 0 Å². The fraction of sp³-hybridized carbons (Fsp3) is 0.636. The standard InChI is InChI=1S/C11H17N3O3/c1-12-9-5-11(14-10(13-9)7-15-2)17-8-3-4-16-6-8/h5,8H,3-4,6-7H2,1-2H3,(H,12,13,14). The third-order valence-electron chi connectivity index (χ3n) is 2.45. The molecule has 2 rings (SSSR count). The minimum absolute atomic E-state index is 0.0880. The second-order valence-corrected chi connectivity index (χ2v) is 3.79. The Hall–Kier alpha value is -1.40. The van der Waals surface area contributed by atoms with Gasteiger partial charge in [0.05, 0.1) is 13.2 Å². The number of hydrogen-bond donors (Lipinski definition) is 1. The van der Waals surface area contributed by atoms with Gasteiger partial charge >= 0.3 is 0 Å². The number of nitrogens with zero attached hydrogens (tertiary/aromatic N) is 2. The van der Waals surface area contributed by atoms with E-state index in [-0.39, 0.29) is 6.10 Å². The highest BCUT2D eigenvalue weighted by Gasteiger charge is 2.18. The van der Waals surface area contributed by atoms with Crippen LogP contribution in [-0.4, -0.2) is 43.4 Å². The first kappa shape index (κ1) is 12.1. The molecule has 17 heavy (non-hydrogen) atoms. The van der Waals surface area contributed by atoms with Crippen LogP contribution in [0.3, 0.4) is 0 Å². The summed E-state index contributed by atoms with van der Waals surface area (Å²) in [6, 6.07) is 1.78. The maximum Gasteiger partial charge on any atom is 0.219 e. The lowest BCUT2D eigenvalue weighted by Gasteiger charge is -2.12. The molecule has 0 aromatic carbocycles. The highest BCUT2D eigenvalue weighted by Crippen LogP contribution is 2.18. The van der Waals surface area contributed by atoms with Crippen molar-refractivity contribution < 1.29 is 14.2 Å². The first-order chi connectivity index (χ1) is 8.31. The first-order valence-corrected chi connectivity index (χ1v) is 5.61. The number of rotatable bonds is 5. The summed E-state index contributed by atoms with van der Waals surface area (Å²) in [6.07, 6.45) is 0.989. The molecule has 2 heterocycles. The van der Waals surface area contributed by atoms with Gasteiger partial charge in [-0.25, -0.2) is 4.98 Å². The Morgan fingerprint density at radius 3 is 3.06 bits per heavy atom. The largest absolute Gasteiger partial charge is 0.472 e. The number of anilines is 1. The normalized spacial score (nSPS) is 19.3. The van der Waals surface area contributed by atoms with Crippen LogP contribution in [0.25, 0.3) is 0 Å². The van der Waals surface area contributed by atoms with Crippen LogP contribution in [0.5, 0.6) is 5.88 Å². The van der Waals surface area contributed by atoms with Crippen molar-refractivity contribution in [3.8, 4) is 5.88 Å². The molecule has 6 heteroatoms. The fourth-order valence-electron chi connectivity index (χ4n) is 1.63. The minimum Gasteiger partial charge on any atom is -0.472 e. The molecule has 1 aliphatic heterocycles. The molecule has 6 nitrogen and oxygen atoms in total. The van der Waals surface area contributed by atoms with Crippen molar-refractivity contribution in [3.63, 3.8) is 0 Å². The van der Waals surface area contributed by atoms with Gasteiger partial charge in [-0.2, -0.15) is 4.98 Å². The van der Waals surface area contributed by atoms with E-state index in [0.717, 1.165) is 18.8 Å². The zero-order valence-corrected chi connectivity index (χ0v) is 10.1. The predicted molar refractivity (Wildman–Crippen MR) is 62.1 cm³/mol. The maximum atomic E-state index is 5.73. The van der Waals surface area contributed by atoms with Crippen molar-refractivity contribution in [3.05, 3.63) is 11.9 Å². The summed E-state index contributed by atoms with van der Waals surface area (Å²) in [5.41, 5.74) is 0. The van der Waals surface area contributed by atoms with E-state index in [4.69, 9.17) is 14.2 Å². The molecule has 0 bridgehead atoms. The van der Waals surface area contributed by atoms with Gasteiger partial charge in [0.1, 0.15) is 18.5 Å². The number of aromatic nitrogens is 2. The number of methoxy groups -OCH3 is 1. The summed E-state index contributed by atoms with van der Waals surface area (Å²) in [6.45, 7) is 1.74. The Kier molecular flexibility index (Phi) is 4.11. The lowest BCUT2D eigenvalue weighted by Crippen LogP contribution is -2.17. The van der Waals surface area contributed by atoms with Crippen LogP contribution in [0.2, 0.25) is 0 Å². The lowest BCUT2D eigenvalue weighted by molar-refractivity contribution is 0.136. The number of hydrogen-bond acceptors (Lipinski definition) is 6. The van der Waals surface area contributed by atoms with Crippen molar-refractivity contribution >= 4 is 5.82 Å². The lowest BCUT2D eigenvalue weighted by atomic mass is 10.3.